The summed E-state index contributed by atoms with van der Waals surface area (Å²) in [6.07, 6.45) is 0.637. The second-order valence-corrected chi connectivity index (χ2v) is 7.43. The molecule has 2 amide bonds. The Balaban J connectivity index is 2.06. The Labute approximate surface area is 162 Å². The minimum Gasteiger partial charge on any atom is -0.385 e. The number of thiazole rings is 1. The number of aryl methyl sites for hydroxylation is 2. The number of rotatable bonds is 8. The molecule has 8 heteroatoms. The Morgan fingerprint density at radius 3 is 2.54 bits per heavy atom. The first kappa shape index (κ1) is 20.4. The number of halogens is 1. The van der Waals surface area contributed by atoms with Crippen LogP contribution < -0.4 is 5.32 Å². The van der Waals surface area contributed by atoms with E-state index >= 15 is 0 Å². The highest BCUT2D eigenvalue weighted by Gasteiger charge is 2.19. The average molecular weight is 396 g/mol. The fourth-order valence-electron chi connectivity index (χ4n) is 2.29. The molecule has 1 aromatic heterocycles. The number of carbonyl (C=O) groups excluding carboxylic acids is 2. The van der Waals surface area contributed by atoms with E-state index in [2.05, 4.69) is 10.3 Å². The molecule has 2 aromatic rings. The van der Waals surface area contributed by atoms with Gasteiger partial charge in [-0.2, -0.15) is 0 Å². The molecule has 0 aliphatic heterocycles. The van der Waals surface area contributed by atoms with E-state index in [0.29, 0.717) is 35.3 Å². The fraction of sp³-hybridized carbons (Fsp3) is 0.389. The summed E-state index contributed by atoms with van der Waals surface area (Å²) in [5.74, 6) is -0.502. The summed E-state index contributed by atoms with van der Waals surface area (Å²) in [5.41, 5.74) is 1.38. The normalized spacial score (nSPS) is 10.6. The van der Waals surface area contributed by atoms with Gasteiger partial charge < -0.3 is 15.0 Å². The van der Waals surface area contributed by atoms with Gasteiger partial charge >= 0.3 is 0 Å². The second kappa shape index (κ2) is 9.66. The molecule has 0 aliphatic rings. The van der Waals surface area contributed by atoms with Gasteiger partial charge in [-0.25, -0.2) is 4.98 Å². The number of methoxy groups -OCH3 is 1. The van der Waals surface area contributed by atoms with E-state index < -0.39 is 0 Å². The number of benzene rings is 1. The SMILES string of the molecule is COCCCN(CC(=O)Nc1nc(C)c(C)s1)C(=O)c1ccc(Cl)cc1. The van der Waals surface area contributed by atoms with Crippen LogP contribution in [0.1, 0.15) is 27.3 Å². The largest absolute Gasteiger partial charge is 0.385 e. The molecule has 0 fully saturated rings. The summed E-state index contributed by atoms with van der Waals surface area (Å²) in [4.78, 5) is 32.0. The summed E-state index contributed by atoms with van der Waals surface area (Å²) >= 11 is 7.29. The standard InChI is InChI=1S/C18H22ClN3O3S/c1-12-13(2)26-18(20-12)21-16(23)11-22(9-4-10-25-3)17(24)14-5-7-15(19)8-6-14/h5-8H,4,9-11H2,1-3H3,(H,20,21,23). The Hall–Kier alpha value is -1.96. The molecule has 1 aromatic carbocycles. The van der Waals surface area contributed by atoms with Crippen LogP contribution in [0.2, 0.25) is 5.02 Å². The number of nitrogens with one attached hydrogen (secondary N) is 1. The Morgan fingerprint density at radius 2 is 1.96 bits per heavy atom. The van der Waals surface area contributed by atoms with Crippen LogP contribution in [0, 0.1) is 13.8 Å². The molecule has 0 atom stereocenters. The quantitative estimate of drug-likeness (QED) is 0.694. The minimum atomic E-state index is -0.279. The third-order valence-corrected chi connectivity index (χ3v) is 5.00. The van der Waals surface area contributed by atoms with E-state index in [1.807, 2.05) is 13.8 Å². The van der Waals surface area contributed by atoms with Crippen LogP contribution in [0.4, 0.5) is 5.13 Å². The maximum atomic E-state index is 12.7. The van der Waals surface area contributed by atoms with Gasteiger partial charge in [-0.1, -0.05) is 11.6 Å². The molecule has 0 radical (unpaired) electrons. The highest BCUT2D eigenvalue weighted by molar-refractivity contribution is 7.15. The van der Waals surface area contributed by atoms with Gasteiger partial charge in [-0.05, 0) is 44.5 Å². The Kier molecular flexibility index (Phi) is 7.56. The van der Waals surface area contributed by atoms with E-state index in [9.17, 15) is 9.59 Å². The number of hydrogen-bond acceptors (Lipinski definition) is 5. The molecule has 140 valence electrons. The third kappa shape index (κ3) is 5.79. The maximum Gasteiger partial charge on any atom is 0.254 e. The number of hydrogen-bond donors (Lipinski definition) is 1. The van der Waals surface area contributed by atoms with Crippen LogP contribution in [0.3, 0.4) is 0 Å². The van der Waals surface area contributed by atoms with Crippen LogP contribution in [-0.4, -0.2) is 48.5 Å². The molecule has 26 heavy (non-hydrogen) atoms. The first-order valence-electron chi connectivity index (χ1n) is 8.18. The molecule has 1 N–H and O–H groups in total. The summed E-state index contributed by atoms with van der Waals surface area (Å²) in [5, 5.41) is 3.86. The highest BCUT2D eigenvalue weighted by Crippen LogP contribution is 2.21. The molecule has 0 saturated heterocycles. The topological polar surface area (TPSA) is 71.5 Å². The number of amides is 2. The lowest BCUT2D eigenvalue weighted by Crippen LogP contribution is -2.39. The molecule has 2 rings (SSSR count). The zero-order chi connectivity index (χ0) is 19.1. The van der Waals surface area contributed by atoms with Gasteiger partial charge in [0.25, 0.3) is 5.91 Å². The average Bonchev–Trinajstić information content (AvgIpc) is 2.91. The fourth-order valence-corrected chi connectivity index (χ4v) is 3.24. The van der Waals surface area contributed by atoms with Gasteiger partial charge in [0.15, 0.2) is 5.13 Å². The molecule has 1 heterocycles. The molecule has 0 spiro atoms. The van der Waals surface area contributed by atoms with Crippen LogP contribution in [0.5, 0.6) is 0 Å². The number of aromatic nitrogens is 1. The van der Waals surface area contributed by atoms with Gasteiger partial charge in [0, 0.05) is 35.7 Å². The lowest BCUT2D eigenvalue weighted by molar-refractivity contribution is -0.116. The van der Waals surface area contributed by atoms with E-state index in [1.165, 1.54) is 16.2 Å². The molecular formula is C18H22ClN3O3S. The zero-order valence-electron chi connectivity index (χ0n) is 15.0. The number of carbonyl (C=O) groups is 2. The van der Waals surface area contributed by atoms with E-state index in [4.69, 9.17) is 16.3 Å². The number of anilines is 1. The Morgan fingerprint density at radius 1 is 1.27 bits per heavy atom. The first-order valence-corrected chi connectivity index (χ1v) is 9.38. The van der Waals surface area contributed by atoms with Gasteiger partial charge in [0.1, 0.15) is 6.54 Å². The van der Waals surface area contributed by atoms with Crippen LogP contribution in [0.25, 0.3) is 0 Å². The third-order valence-electron chi connectivity index (χ3n) is 3.76. The molecule has 0 bridgehead atoms. The van der Waals surface area contributed by atoms with Crippen molar-refractivity contribution in [3.8, 4) is 0 Å². The predicted octanol–water partition coefficient (Wildman–Crippen LogP) is 3.53. The molecule has 0 unspecified atom stereocenters. The first-order chi connectivity index (χ1) is 12.4. The summed E-state index contributed by atoms with van der Waals surface area (Å²) in [7, 11) is 1.60. The van der Waals surface area contributed by atoms with Crippen molar-refractivity contribution in [1.29, 1.82) is 0 Å². The molecule has 6 nitrogen and oxygen atoms in total. The smallest absolute Gasteiger partial charge is 0.254 e. The van der Waals surface area contributed by atoms with Gasteiger partial charge in [-0.3, -0.25) is 9.59 Å². The van der Waals surface area contributed by atoms with Crippen molar-refractivity contribution in [2.45, 2.75) is 20.3 Å². The molecular weight excluding hydrogens is 374 g/mol. The Bertz CT molecular complexity index is 742. The lowest BCUT2D eigenvalue weighted by atomic mass is 10.2. The lowest BCUT2D eigenvalue weighted by Gasteiger charge is -2.22. The number of ether oxygens (including phenoxy) is 1. The zero-order valence-corrected chi connectivity index (χ0v) is 16.6. The summed E-state index contributed by atoms with van der Waals surface area (Å²) in [6.45, 7) is 4.71. The van der Waals surface area contributed by atoms with Gasteiger partial charge in [0.05, 0.1) is 5.69 Å². The predicted molar refractivity (Wildman–Crippen MR) is 104 cm³/mol. The van der Waals surface area contributed by atoms with Crippen molar-refractivity contribution in [3.63, 3.8) is 0 Å². The van der Waals surface area contributed by atoms with E-state index in [-0.39, 0.29) is 18.4 Å². The summed E-state index contributed by atoms with van der Waals surface area (Å²) in [6, 6.07) is 6.62. The summed E-state index contributed by atoms with van der Waals surface area (Å²) < 4.78 is 5.05. The van der Waals surface area contributed by atoms with Crippen molar-refractivity contribution >= 4 is 39.9 Å². The van der Waals surface area contributed by atoms with Crippen LogP contribution >= 0.6 is 22.9 Å². The van der Waals surface area contributed by atoms with E-state index in [0.717, 1.165) is 10.6 Å². The van der Waals surface area contributed by atoms with Crippen molar-refractivity contribution in [3.05, 3.63) is 45.4 Å². The second-order valence-electron chi connectivity index (χ2n) is 5.79. The molecule has 0 aliphatic carbocycles. The van der Waals surface area contributed by atoms with Crippen LogP contribution in [-0.2, 0) is 9.53 Å². The highest BCUT2D eigenvalue weighted by atomic mass is 35.5. The van der Waals surface area contributed by atoms with Crippen molar-refractivity contribution < 1.29 is 14.3 Å². The van der Waals surface area contributed by atoms with Crippen molar-refractivity contribution in [2.75, 3.05) is 32.1 Å². The van der Waals surface area contributed by atoms with Gasteiger partial charge in [-0.15, -0.1) is 11.3 Å². The van der Waals surface area contributed by atoms with Crippen molar-refractivity contribution in [2.24, 2.45) is 0 Å². The van der Waals surface area contributed by atoms with E-state index in [1.54, 1.807) is 31.4 Å². The van der Waals surface area contributed by atoms with Crippen LogP contribution in [0.15, 0.2) is 24.3 Å². The maximum absolute atomic E-state index is 12.7. The molecule has 0 saturated carbocycles. The van der Waals surface area contributed by atoms with Gasteiger partial charge in [0.2, 0.25) is 5.91 Å². The minimum absolute atomic E-state index is 0.0527. The van der Waals surface area contributed by atoms with Crippen molar-refractivity contribution in [1.82, 2.24) is 9.88 Å². The monoisotopic (exact) mass is 395 g/mol. The number of nitrogens with zero attached hydrogens (tertiary/aromatic N) is 2.